The van der Waals surface area contributed by atoms with E-state index in [1.165, 1.54) is 5.56 Å². The fourth-order valence-corrected chi connectivity index (χ4v) is 1.91. The van der Waals surface area contributed by atoms with Crippen molar-refractivity contribution in [1.29, 1.82) is 0 Å². The first-order valence-electron chi connectivity index (χ1n) is 4.93. The second kappa shape index (κ2) is 6.99. The van der Waals surface area contributed by atoms with Crippen molar-refractivity contribution in [3.8, 4) is 0 Å². The molecule has 0 fully saturated rings. The van der Waals surface area contributed by atoms with Gasteiger partial charge in [-0.2, -0.15) is 0 Å². The number of halogens is 1. The maximum atomic E-state index is 10.8. The van der Waals surface area contributed by atoms with Crippen LogP contribution in [0.15, 0.2) is 24.3 Å². The van der Waals surface area contributed by atoms with Crippen molar-refractivity contribution in [2.75, 3.05) is 18.6 Å². The molecule has 0 aliphatic heterocycles. The van der Waals surface area contributed by atoms with Gasteiger partial charge >= 0.3 is 0 Å². The third kappa shape index (κ3) is 5.92. The standard InChI is InChI=1S/C11H16ClNOS/c1-15(14)8-2-7-13-9-10-3-5-11(12)6-4-10/h3-6,13H,2,7-9H2,1H3. The fourth-order valence-electron chi connectivity index (χ4n) is 1.24. The predicted octanol–water partition coefficient (Wildman–Crippen LogP) is 2.20. The first-order chi connectivity index (χ1) is 7.18. The molecular weight excluding hydrogens is 230 g/mol. The van der Waals surface area contributed by atoms with Gasteiger partial charge in [-0.1, -0.05) is 23.7 Å². The van der Waals surface area contributed by atoms with Gasteiger partial charge in [0.2, 0.25) is 0 Å². The Morgan fingerprint density at radius 1 is 1.33 bits per heavy atom. The van der Waals surface area contributed by atoms with Crippen LogP contribution in [-0.4, -0.2) is 22.8 Å². The lowest BCUT2D eigenvalue weighted by Crippen LogP contribution is -2.16. The average Bonchev–Trinajstić information content (AvgIpc) is 2.20. The molecule has 0 heterocycles. The molecule has 84 valence electrons. The van der Waals surface area contributed by atoms with Gasteiger partial charge in [-0.15, -0.1) is 0 Å². The van der Waals surface area contributed by atoms with Crippen LogP contribution < -0.4 is 5.32 Å². The highest BCUT2D eigenvalue weighted by atomic mass is 35.5. The zero-order chi connectivity index (χ0) is 11.1. The summed E-state index contributed by atoms with van der Waals surface area (Å²) in [7, 11) is -0.674. The number of hydrogen-bond acceptors (Lipinski definition) is 2. The molecule has 4 heteroatoms. The van der Waals surface area contributed by atoms with Crippen LogP contribution >= 0.6 is 11.6 Å². The van der Waals surface area contributed by atoms with Crippen LogP contribution in [0.2, 0.25) is 5.02 Å². The van der Waals surface area contributed by atoms with Gasteiger partial charge in [0, 0.05) is 34.4 Å². The molecule has 0 aliphatic rings. The Morgan fingerprint density at radius 2 is 2.00 bits per heavy atom. The van der Waals surface area contributed by atoms with Crippen molar-refractivity contribution in [1.82, 2.24) is 5.32 Å². The van der Waals surface area contributed by atoms with Gasteiger partial charge in [-0.3, -0.25) is 4.21 Å². The lowest BCUT2D eigenvalue weighted by Gasteiger charge is -2.04. The summed E-state index contributed by atoms with van der Waals surface area (Å²) in [6.07, 6.45) is 2.69. The molecule has 1 N–H and O–H groups in total. The summed E-state index contributed by atoms with van der Waals surface area (Å²) in [6.45, 7) is 1.75. The molecule has 1 rings (SSSR count). The Bertz CT molecular complexity index is 313. The predicted molar refractivity (Wildman–Crippen MR) is 66.7 cm³/mol. The summed E-state index contributed by atoms with van der Waals surface area (Å²) >= 11 is 5.78. The van der Waals surface area contributed by atoms with E-state index in [-0.39, 0.29) is 0 Å². The van der Waals surface area contributed by atoms with Gasteiger partial charge in [0.1, 0.15) is 0 Å². The lowest BCUT2D eigenvalue weighted by atomic mass is 10.2. The molecule has 0 spiro atoms. The van der Waals surface area contributed by atoms with Crippen molar-refractivity contribution in [3.63, 3.8) is 0 Å². The quantitative estimate of drug-likeness (QED) is 0.779. The zero-order valence-corrected chi connectivity index (χ0v) is 10.4. The van der Waals surface area contributed by atoms with E-state index >= 15 is 0 Å². The van der Waals surface area contributed by atoms with E-state index in [4.69, 9.17) is 11.6 Å². The van der Waals surface area contributed by atoms with Crippen LogP contribution in [0.25, 0.3) is 0 Å². The van der Waals surface area contributed by atoms with E-state index in [2.05, 4.69) is 5.32 Å². The third-order valence-corrected chi connectivity index (χ3v) is 3.14. The summed E-state index contributed by atoms with van der Waals surface area (Å²) in [6, 6.07) is 7.79. The molecule has 0 amide bonds. The van der Waals surface area contributed by atoms with E-state index in [0.717, 1.165) is 30.3 Å². The summed E-state index contributed by atoms with van der Waals surface area (Å²) in [4.78, 5) is 0. The third-order valence-electron chi connectivity index (χ3n) is 2.03. The minimum atomic E-state index is -0.674. The van der Waals surface area contributed by atoms with Crippen molar-refractivity contribution >= 4 is 22.4 Å². The smallest absolute Gasteiger partial charge is 0.0406 e. The summed E-state index contributed by atoms with van der Waals surface area (Å²) < 4.78 is 10.8. The summed E-state index contributed by atoms with van der Waals surface area (Å²) in [5, 5.41) is 4.06. The van der Waals surface area contributed by atoms with E-state index in [9.17, 15) is 4.21 Å². The van der Waals surface area contributed by atoms with Gasteiger partial charge in [-0.05, 0) is 30.7 Å². The molecule has 15 heavy (non-hydrogen) atoms. The van der Waals surface area contributed by atoms with E-state index in [1.807, 2.05) is 24.3 Å². The summed E-state index contributed by atoms with van der Waals surface area (Å²) in [5.74, 6) is 0.771. The van der Waals surface area contributed by atoms with Crippen molar-refractivity contribution in [2.45, 2.75) is 13.0 Å². The van der Waals surface area contributed by atoms with Crippen LogP contribution in [0.5, 0.6) is 0 Å². The number of benzene rings is 1. The topological polar surface area (TPSA) is 29.1 Å². The van der Waals surface area contributed by atoms with Gasteiger partial charge in [0.25, 0.3) is 0 Å². The lowest BCUT2D eigenvalue weighted by molar-refractivity contribution is 0.662. The highest BCUT2D eigenvalue weighted by molar-refractivity contribution is 7.84. The maximum absolute atomic E-state index is 10.8. The summed E-state index contributed by atoms with van der Waals surface area (Å²) in [5.41, 5.74) is 1.22. The van der Waals surface area contributed by atoms with Crippen molar-refractivity contribution < 1.29 is 4.21 Å². The molecule has 1 unspecified atom stereocenters. The van der Waals surface area contributed by atoms with Crippen LogP contribution in [-0.2, 0) is 17.3 Å². The van der Waals surface area contributed by atoms with Gasteiger partial charge in [0.15, 0.2) is 0 Å². The second-order valence-corrected chi connectivity index (χ2v) is 5.43. The Balaban J connectivity index is 2.15. The number of hydrogen-bond donors (Lipinski definition) is 1. The van der Waals surface area contributed by atoms with Crippen molar-refractivity contribution in [3.05, 3.63) is 34.9 Å². The Morgan fingerprint density at radius 3 is 2.60 bits per heavy atom. The molecule has 0 saturated carbocycles. The number of rotatable bonds is 6. The second-order valence-electron chi connectivity index (χ2n) is 3.43. The minimum Gasteiger partial charge on any atom is -0.313 e. The van der Waals surface area contributed by atoms with Crippen LogP contribution in [0, 0.1) is 0 Å². The zero-order valence-electron chi connectivity index (χ0n) is 8.83. The molecule has 0 bridgehead atoms. The Labute approximate surface area is 98.5 Å². The minimum absolute atomic E-state index is 0.674. The number of nitrogens with one attached hydrogen (secondary N) is 1. The van der Waals surface area contributed by atoms with Gasteiger partial charge < -0.3 is 5.32 Å². The van der Waals surface area contributed by atoms with E-state index in [0.29, 0.717) is 0 Å². The highest BCUT2D eigenvalue weighted by Crippen LogP contribution is 2.08. The average molecular weight is 246 g/mol. The van der Waals surface area contributed by atoms with Gasteiger partial charge in [0.05, 0.1) is 0 Å². The Kier molecular flexibility index (Phi) is 5.91. The van der Waals surface area contributed by atoms with Crippen LogP contribution in [0.4, 0.5) is 0 Å². The highest BCUT2D eigenvalue weighted by Gasteiger charge is 1.94. The maximum Gasteiger partial charge on any atom is 0.0406 e. The SMILES string of the molecule is CS(=O)CCCNCc1ccc(Cl)cc1. The fraction of sp³-hybridized carbons (Fsp3) is 0.455. The molecule has 1 atom stereocenters. The Hall–Kier alpha value is -0.380. The normalized spacial score (nSPS) is 12.7. The molecule has 1 aromatic carbocycles. The van der Waals surface area contributed by atoms with Gasteiger partial charge in [-0.25, -0.2) is 0 Å². The van der Waals surface area contributed by atoms with Crippen LogP contribution in [0.1, 0.15) is 12.0 Å². The molecule has 0 aliphatic carbocycles. The molecular formula is C11H16ClNOS. The van der Waals surface area contributed by atoms with Crippen molar-refractivity contribution in [2.24, 2.45) is 0 Å². The first-order valence-corrected chi connectivity index (χ1v) is 7.04. The molecule has 0 aromatic heterocycles. The van der Waals surface area contributed by atoms with E-state index < -0.39 is 10.8 Å². The molecule has 1 aromatic rings. The first kappa shape index (κ1) is 12.7. The molecule has 2 nitrogen and oxygen atoms in total. The molecule has 0 radical (unpaired) electrons. The van der Waals surface area contributed by atoms with E-state index in [1.54, 1.807) is 6.26 Å². The monoisotopic (exact) mass is 245 g/mol. The molecule has 0 saturated heterocycles. The van der Waals surface area contributed by atoms with Crippen LogP contribution in [0.3, 0.4) is 0 Å². The largest absolute Gasteiger partial charge is 0.313 e.